The Kier molecular flexibility index (Phi) is 5.72. The fraction of sp³-hybridized carbons (Fsp3) is 0.750. The highest BCUT2D eigenvalue weighted by molar-refractivity contribution is 9.09. The van der Waals surface area contributed by atoms with E-state index in [0.717, 1.165) is 17.4 Å². The topological polar surface area (TPSA) is 54.9 Å². The molecular weight excluding hydrogens is 314 g/mol. The van der Waals surface area contributed by atoms with Gasteiger partial charge in [-0.25, -0.2) is 0 Å². The van der Waals surface area contributed by atoms with Crippen LogP contribution in [0.5, 0.6) is 0 Å². The second-order valence-corrected chi connectivity index (χ2v) is 7.04. The minimum absolute atomic E-state index is 0.0589. The molecule has 6 heteroatoms. The van der Waals surface area contributed by atoms with E-state index in [1.165, 1.54) is 11.5 Å². The van der Waals surface area contributed by atoms with Crippen LogP contribution in [0.15, 0.2) is 0 Å². The molecule has 1 atom stereocenters. The van der Waals surface area contributed by atoms with Crippen molar-refractivity contribution in [3.05, 3.63) is 10.6 Å². The first-order chi connectivity index (χ1) is 8.36. The fourth-order valence-electron chi connectivity index (χ4n) is 1.47. The maximum absolute atomic E-state index is 12.1. The van der Waals surface area contributed by atoms with Crippen LogP contribution in [0.3, 0.4) is 0 Å². The molecule has 1 N–H and O–H groups in total. The summed E-state index contributed by atoms with van der Waals surface area (Å²) >= 11 is 4.57. The lowest BCUT2D eigenvalue weighted by molar-refractivity contribution is 0.0949. The molecule has 0 bridgehead atoms. The van der Waals surface area contributed by atoms with E-state index in [1.807, 2.05) is 20.8 Å². The number of nitrogens with zero attached hydrogens (tertiary/aromatic N) is 2. The van der Waals surface area contributed by atoms with Gasteiger partial charge in [0.2, 0.25) is 0 Å². The third-order valence-corrected chi connectivity index (χ3v) is 3.80. The minimum Gasteiger partial charge on any atom is -0.351 e. The van der Waals surface area contributed by atoms with E-state index in [9.17, 15) is 4.79 Å². The van der Waals surface area contributed by atoms with Gasteiger partial charge in [0.25, 0.3) is 5.91 Å². The summed E-state index contributed by atoms with van der Waals surface area (Å²) in [5.41, 5.74) is 0.624. The van der Waals surface area contributed by atoms with Gasteiger partial charge < -0.3 is 5.32 Å². The number of alkyl halides is 1. The highest BCUT2D eigenvalue weighted by Crippen LogP contribution is 2.25. The van der Waals surface area contributed by atoms with Crippen molar-refractivity contribution in [2.45, 2.75) is 39.5 Å². The number of rotatable bonds is 5. The van der Waals surface area contributed by atoms with Crippen molar-refractivity contribution in [2.24, 2.45) is 5.92 Å². The molecule has 1 rings (SSSR count). The normalized spacial score (nSPS) is 13.4. The Morgan fingerprint density at radius 3 is 2.72 bits per heavy atom. The number of halogens is 1. The van der Waals surface area contributed by atoms with E-state index in [1.54, 1.807) is 0 Å². The third-order valence-electron chi connectivity index (χ3n) is 2.62. The van der Waals surface area contributed by atoms with E-state index in [4.69, 9.17) is 0 Å². The summed E-state index contributed by atoms with van der Waals surface area (Å²) in [6, 6.07) is 0. The van der Waals surface area contributed by atoms with E-state index in [0.29, 0.717) is 17.3 Å². The summed E-state index contributed by atoms with van der Waals surface area (Å²) in [4.78, 5) is 12.7. The van der Waals surface area contributed by atoms with Crippen LogP contribution in [-0.4, -0.2) is 27.4 Å². The molecule has 4 nitrogen and oxygen atoms in total. The Morgan fingerprint density at radius 1 is 1.50 bits per heavy atom. The second kappa shape index (κ2) is 6.61. The molecule has 0 aliphatic carbocycles. The molecule has 1 unspecified atom stereocenters. The minimum atomic E-state index is -0.152. The van der Waals surface area contributed by atoms with E-state index in [2.05, 4.69) is 37.8 Å². The average molecular weight is 334 g/mol. The summed E-state index contributed by atoms with van der Waals surface area (Å²) in [6.45, 7) is 8.92. The highest BCUT2D eigenvalue weighted by Gasteiger charge is 2.26. The van der Waals surface area contributed by atoms with Gasteiger partial charge in [-0.2, -0.15) is 0 Å². The van der Waals surface area contributed by atoms with E-state index >= 15 is 0 Å². The quantitative estimate of drug-likeness (QED) is 0.842. The predicted octanol–water partition coefficient (Wildman–Crippen LogP) is 2.99. The first-order valence-corrected chi connectivity index (χ1v) is 7.92. The van der Waals surface area contributed by atoms with E-state index in [-0.39, 0.29) is 11.3 Å². The standard InChI is InChI=1S/C12H20BrN3OS/c1-8(5-6-13)7-14-11(17)9-10(12(2,3)4)15-16-18-9/h8H,5-7H2,1-4H3,(H,14,17). The summed E-state index contributed by atoms with van der Waals surface area (Å²) in [7, 11) is 0. The summed E-state index contributed by atoms with van der Waals surface area (Å²) < 4.78 is 3.90. The zero-order chi connectivity index (χ0) is 13.8. The van der Waals surface area contributed by atoms with Crippen molar-refractivity contribution in [1.82, 2.24) is 14.9 Å². The van der Waals surface area contributed by atoms with Crippen molar-refractivity contribution in [2.75, 3.05) is 11.9 Å². The summed E-state index contributed by atoms with van der Waals surface area (Å²) in [5, 5.41) is 7.98. The van der Waals surface area contributed by atoms with Crippen LogP contribution in [0.1, 0.15) is 49.5 Å². The molecule has 1 amide bonds. The Labute approximate surface area is 121 Å². The number of carbonyl (C=O) groups excluding carboxylic acids is 1. The Hall–Kier alpha value is -0.490. The number of carbonyl (C=O) groups is 1. The van der Waals surface area contributed by atoms with Crippen molar-refractivity contribution in [3.63, 3.8) is 0 Å². The largest absolute Gasteiger partial charge is 0.351 e. The molecule has 0 saturated carbocycles. The molecular formula is C12H20BrN3OS. The molecule has 0 radical (unpaired) electrons. The van der Waals surface area contributed by atoms with Crippen LogP contribution in [0.2, 0.25) is 0 Å². The van der Waals surface area contributed by atoms with Crippen LogP contribution in [0.4, 0.5) is 0 Å². The molecule has 1 aromatic heterocycles. The Bertz CT molecular complexity index is 400. The van der Waals surface area contributed by atoms with Gasteiger partial charge >= 0.3 is 0 Å². The molecule has 102 valence electrons. The fourth-order valence-corrected chi connectivity index (χ4v) is 3.04. The summed E-state index contributed by atoms with van der Waals surface area (Å²) in [6.07, 6.45) is 1.05. The number of hydrogen-bond acceptors (Lipinski definition) is 4. The Balaban J connectivity index is 2.65. The lowest BCUT2D eigenvalue weighted by atomic mass is 9.91. The predicted molar refractivity (Wildman–Crippen MR) is 78.5 cm³/mol. The van der Waals surface area contributed by atoms with Gasteiger partial charge in [-0.15, -0.1) is 5.10 Å². The molecule has 0 aliphatic rings. The van der Waals surface area contributed by atoms with Gasteiger partial charge in [-0.05, 0) is 23.9 Å². The van der Waals surface area contributed by atoms with Gasteiger partial charge in [-0.3, -0.25) is 4.79 Å². The van der Waals surface area contributed by atoms with Crippen molar-refractivity contribution < 1.29 is 4.79 Å². The van der Waals surface area contributed by atoms with Gasteiger partial charge in [0.1, 0.15) is 4.88 Å². The monoisotopic (exact) mass is 333 g/mol. The maximum atomic E-state index is 12.1. The van der Waals surface area contributed by atoms with Crippen molar-refractivity contribution >= 4 is 33.4 Å². The maximum Gasteiger partial charge on any atom is 0.264 e. The van der Waals surface area contributed by atoms with E-state index < -0.39 is 0 Å². The van der Waals surface area contributed by atoms with Gasteiger partial charge in [0, 0.05) is 17.3 Å². The van der Waals surface area contributed by atoms with Crippen LogP contribution < -0.4 is 5.32 Å². The lowest BCUT2D eigenvalue weighted by Gasteiger charge is -2.16. The van der Waals surface area contributed by atoms with Crippen LogP contribution >= 0.6 is 27.5 Å². The highest BCUT2D eigenvalue weighted by atomic mass is 79.9. The van der Waals surface area contributed by atoms with Gasteiger partial charge in [0.05, 0.1) is 5.69 Å². The van der Waals surface area contributed by atoms with Crippen LogP contribution in [-0.2, 0) is 5.41 Å². The van der Waals surface area contributed by atoms with Crippen molar-refractivity contribution in [1.29, 1.82) is 0 Å². The smallest absolute Gasteiger partial charge is 0.264 e. The SMILES string of the molecule is CC(CCBr)CNC(=O)c1snnc1C(C)(C)C. The molecule has 0 aromatic carbocycles. The molecule has 0 saturated heterocycles. The number of aromatic nitrogens is 2. The number of amides is 1. The van der Waals surface area contributed by atoms with Gasteiger partial charge in [-0.1, -0.05) is 48.1 Å². The molecule has 0 aliphatic heterocycles. The number of hydrogen-bond donors (Lipinski definition) is 1. The first kappa shape index (κ1) is 15.6. The first-order valence-electron chi connectivity index (χ1n) is 6.03. The lowest BCUT2D eigenvalue weighted by Crippen LogP contribution is -2.30. The van der Waals surface area contributed by atoms with Crippen LogP contribution in [0, 0.1) is 5.92 Å². The summed E-state index contributed by atoms with van der Waals surface area (Å²) in [5.74, 6) is 0.406. The zero-order valence-corrected chi connectivity index (χ0v) is 13.7. The van der Waals surface area contributed by atoms with Gasteiger partial charge in [0.15, 0.2) is 0 Å². The molecule has 1 heterocycles. The molecule has 0 spiro atoms. The van der Waals surface area contributed by atoms with Crippen LogP contribution in [0.25, 0.3) is 0 Å². The average Bonchev–Trinajstić information content (AvgIpc) is 2.74. The number of nitrogens with one attached hydrogen (secondary N) is 1. The molecule has 1 aromatic rings. The third kappa shape index (κ3) is 4.31. The zero-order valence-electron chi connectivity index (χ0n) is 11.3. The van der Waals surface area contributed by atoms with Crippen molar-refractivity contribution in [3.8, 4) is 0 Å². The molecule has 18 heavy (non-hydrogen) atoms. The molecule has 0 fully saturated rings. The second-order valence-electron chi connectivity index (χ2n) is 5.49. The Morgan fingerprint density at radius 2 is 2.17 bits per heavy atom.